The molecule has 0 bridgehead atoms. The molecule has 1 atom stereocenters. The van der Waals surface area contributed by atoms with Crippen molar-refractivity contribution in [3.8, 4) is 0 Å². The molecule has 0 radical (unpaired) electrons. The van der Waals surface area contributed by atoms with E-state index in [1.165, 1.54) is 18.1 Å². The van der Waals surface area contributed by atoms with E-state index in [2.05, 4.69) is 0 Å². The SMILES string of the molecule is COC(=O)C1CCCN(C(=O)c2cc(F)c(Cl)cc2Cl)C1. The summed E-state index contributed by atoms with van der Waals surface area (Å²) in [7, 11) is 1.31. The smallest absolute Gasteiger partial charge is 0.310 e. The first kappa shape index (κ1) is 16.0. The summed E-state index contributed by atoms with van der Waals surface area (Å²) in [6.07, 6.45) is 1.35. The number of carbonyl (C=O) groups excluding carboxylic acids is 2. The van der Waals surface area contributed by atoms with Crippen molar-refractivity contribution in [1.29, 1.82) is 0 Å². The molecule has 1 saturated heterocycles. The molecule has 1 aromatic carbocycles. The molecule has 21 heavy (non-hydrogen) atoms. The van der Waals surface area contributed by atoms with Crippen molar-refractivity contribution >= 4 is 35.1 Å². The minimum atomic E-state index is -0.703. The molecule has 7 heteroatoms. The van der Waals surface area contributed by atoms with Crippen molar-refractivity contribution in [2.45, 2.75) is 12.8 Å². The average Bonchev–Trinajstić information content (AvgIpc) is 2.49. The predicted octanol–water partition coefficient (Wildman–Crippen LogP) is 3.16. The zero-order chi connectivity index (χ0) is 15.6. The van der Waals surface area contributed by atoms with Crippen molar-refractivity contribution in [2.75, 3.05) is 20.2 Å². The van der Waals surface area contributed by atoms with E-state index in [1.54, 1.807) is 0 Å². The lowest BCUT2D eigenvalue weighted by atomic mass is 9.97. The molecule has 0 saturated carbocycles. The highest BCUT2D eigenvalue weighted by Gasteiger charge is 2.30. The zero-order valence-electron chi connectivity index (χ0n) is 11.4. The van der Waals surface area contributed by atoms with Gasteiger partial charge in [-0.2, -0.15) is 0 Å². The van der Waals surface area contributed by atoms with E-state index < -0.39 is 11.7 Å². The molecule has 0 spiro atoms. The number of hydrogen-bond acceptors (Lipinski definition) is 3. The van der Waals surface area contributed by atoms with Gasteiger partial charge < -0.3 is 9.64 Å². The number of piperidine rings is 1. The number of methoxy groups -OCH3 is 1. The Bertz CT molecular complexity index is 580. The Balaban J connectivity index is 2.20. The molecule has 0 N–H and O–H groups in total. The van der Waals surface area contributed by atoms with Gasteiger partial charge in [-0.25, -0.2) is 4.39 Å². The molecule has 1 aromatic rings. The quantitative estimate of drug-likeness (QED) is 0.617. The van der Waals surface area contributed by atoms with Gasteiger partial charge in [0, 0.05) is 13.1 Å². The Morgan fingerprint density at radius 3 is 2.71 bits per heavy atom. The molecule has 1 aliphatic rings. The number of likely N-dealkylation sites (tertiary alicyclic amines) is 1. The normalized spacial score (nSPS) is 18.5. The Morgan fingerprint density at radius 2 is 2.05 bits per heavy atom. The third-order valence-electron chi connectivity index (χ3n) is 3.48. The van der Waals surface area contributed by atoms with E-state index in [4.69, 9.17) is 27.9 Å². The maximum Gasteiger partial charge on any atom is 0.310 e. The summed E-state index contributed by atoms with van der Waals surface area (Å²) in [5, 5.41) is -0.0470. The van der Waals surface area contributed by atoms with Crippen LogP contribution in [0.5, 0.6) is 0 Å². The van der Waals surface area contributed by atoms with E-state index in [1.807, 2.05) is 0 Å². The maximum atomic E-state index is 13.5. The zero-order valence-corrected chi connectivity index (χ0v) is 12.9. The summed E-state index contributed by atoms with van der Waals surface area (Å²) in [6, 6.07) is 2.22. The predicted molar refractivity (Wildman–Crippen MR) is 77.1 cm³/mol. The third kappa shape index (κ3) is 3.47. The maximum absolute atomic E-state index is 13.5. The van der Waals surface area contributed by atoms with Crippen LogP contribution in [0.4, 0.5) is 4.39 Å². The second kappa shape index (κ2) is 6.62. The fourth-order valence-electron chi connectivity index (χ4n) is 2.38. The number of hydrogen-bond donors (Lipinski definition) is 0. The van der Waals surface area contributed by atoms with Gasteiger partial charge in [0.15, 0.2) is 0 Å². The third-order valence-corrected chi connectivity index (χ3v) is 4.09. The van der Waals surface area contributed by atoms with Crippen LogP contribution >= 0.6 is 23.2 Å². The highest BCUT2D eigenvalue weighted by molar-refractivity contribution is 6.36. The minimum absolute atomic E-state index is 0.0454. The lowest BCUT2D eigenvalue weighted by molar-refractivity contribution is -0.146. The van der Waals surface area contributed by atoms with Gasteiger partial charge in [-0.05, 0) is 25.0 Å². The van der Waals surface area contributed by atoms with Crippen LogP contribution in [0.3, 0.4) is 0 Å². The number of nitrogens with zero attached hydrogens (tertiary/aromatic N) is 1. The van der Waals surface area contributed by atoms with Crippen LogP contribution in [-0.4, -0.2) is 37.0 Å². The van der Waals surface area contributed by atoms with Crippen molar-refractivity contribution in [3.05, 3.63) is 33.6 Å². The number of rotatable bonds is 2. The fraction of sp³-hybridized carbons (Fsp3) is 0.429. The van der Waals surface area contributed by atoms with Gasteiger partial charge in [0.2, 0.25) is 0 Å². The molecule has 1 amide bonds. The summed E-state index contributed by atoms with van der Waals surface area (Å²) in [4.78, 5) is 25.5. The lowest BCUT2D eigenvalue weighted by Crippen LogP contribution is -2.42. The van der Waals surface area contributed by atoms with E-state index in [-0.39, 0.29) is 34.0 Å². The molecule has 1 heterocycles. The molecule has 1 fully saturated rings. The summed E-state index contributed by atoms with van der Waals surface area (Å²) in [6.45, 7) is 0.735. The highest BCUT2D eigenvalue weighted by Crippen LogP contribution is 2.27. The molecule has 2 rings (SSSR count). The first-order chi connectivity index (χ1) is 9.93. The van der Waals surface area contributed by atoms with Gasteiger partial charge in [-0.1, -0.05) is 23.2 Å². The summed E-state index contributed by atoms with van der Waals surface area (Å²) in [5.74, 6) is -1.82. The monoisotopic (exact) mass is 333 g/mol. The minimum Gasteiger partial charge on any atom is -0.469 e. The second-order valence-electron chi connectivity index (χ2n) is 4.86. The van der Waals surface area contributed by atoms with Gasteiger partial charge in [-0.3, -0.25) is 9.59 Å². The van der Waals surface area contributed by atoms with Gasteiger partial charge >= 0.3 is 5.97 Å². The molecule has 0 aromatic heterocycles. The van der Waals surface area contributed by atoms with Crippen LogP contribution in [0.2, 0.25) is 10.0 Å². The van der Waals surface area contributed by atoms with Gasteiger partial charge in [-0.15, -0.1) is 0 Å². The number of halogens is 3. The molecular weight excluding hydrogens is 320 g/mol. The lowest BCUT2D eigenvalue weighted by Gasteiger charge is -2.31. The van der Waals surface area contributed by atoms with Gasteiger partial charge in [0.05, 0.1) is 28.6 Å². The van der Waals surface area contributed by atoms with E-state index in [0.29, 0.717) is 19.4 Å². The van der Waals surface area contributed by atoms with Crippen LogP contribution < -0.4 is 0 Å². The van der Waals surface area contributed by atoms with Crippen LogP contribution in [-0.2, 0) is 9.53 Å². The number of amides is 1. The van der Waals surface area contributed by atoms with Crippen molar-refractivity contribution in [3.63, 3.8) is 0 Å². The van der Waals surface area contributed by atoms with Crippen LogP contribution in [0.1, 0.15) is 23.2 Å². The van der Waals surface area contributed by atoms with Gasteiger partial charge in [0.25, 0.3) is 5.91 Å². The Hall–Kier alpha value is -1.33. The molecule has 114 valence electrons. The summed E-state index contributed by atoms with van der Waals surface area (Å²) >= 11 is 11.6. The number of ether oxygens (including phenoxy) is 1. The standard InChI is InChI=1S/C14H14Cl2FNO3/c1-21-14(20)8-3-2-4-18(7-8)13(19)9-5-12(17)11(16)6-10(9)15/h5-6,8H,2-4,7H2,1H3. The Kier molecular flexibility index (Phi) is 5.06. The number of esters is 1. The van der Waals surface area contributed by atoms with Gasteiger partial charge in [0.1, 0.15) is 5.82 Å². The average molecular weight is 334 g/mol. The van der Waals surface area contributed by atoms with Crippen molar-refractivity contribution in [2.24, 2.45) is 5.92 Å². The Morgan fingerprint density at radius 1 is 1.33 bits per heavy atom. The summed E-state index contributed by atoms with van der Waals surface area (Å²) < 4.78 is 18.2. The first-order valence-electron chi connectivity index (χ1n) is 6.45. The molecule has 1 aliphatic heterocycles. The number of carbonyl (C=O) groups is 2. The summed E-state index contributed by atoms with van der Waals surface area (Å²) in [5.41, 5.74) is 0.0454. The largest absolute Gasteiger partial charge is 0.469 e. The van der Waals surface area contributed by atoms with E-state index >= 15 is 0 Å². The topological polar surface area (TPSA) is 46.6 Å². The molecular formula is C14H14Cl2FNO3. The van der Waals surface area contributed by atoms with Crippen LogP contribution in [0, 0.1) is 11.7 Å². The molecule has 4 nitrogen and oxygen atoms in total. The van der Waals surface area contributed by atoms with E-state index in [9.17, 15) is 14.0 Å². The first-order valence-corrected chi connectivity index (χ1v) is 7.21. The fourth-order valence-corrected chi connectivity index (χ4v) is 2.84. The molecule has 0 aliphatic carbocycles. The number of benzene rings is 1. The van der Waals surface area contributed by atoms with Crippen molar-refractivity contribution < 1.29 is 18.7 Å². The Labute approximate surface area is 131 Å². The van der Waals surface area contributed by atoms with Crippen LogP contribution in [0.25, 0.3) is 0 Å². The van der Waals surface area contributed by atoms with Crippen molar-refractivity contribution in [1.82, 2.24) is 4.90 Å². The van der Waals surface area contributed by atoms with Crippen LogP contribution in [0.15, 0.2) is 12.1 Å². The van der Waals surface area contributed by atoms with E-state index in [0.717, 1.165) is 6.07 Å². The second-order valence-corrected chi connectivity index (χ2v) is 5.67. The highest BCUT2D eigenvalue weighted by atomic mass is 35.5. The molecule has 1 unspecified atom stereocenters.